The van der Waals surface area contributed by atoms with E-state index in [1.54, 1.807) is 0 Å². The molecule has 0 aliphatic rings. The molecule has 0 aromatic rings. The molecule has 0 fully saturated rings. The molecule has 0 saturated carbocycles. The molecule has 0 aromatic heterocycles. The number of nitrogens with two attached hydrogens (primary N) is 1. The van der Waals surface area contributed by atoms with Crippen molar-refractivity contribution in [1.29, 1.82) is 0 Å². The van der Waals surface area contributed by atoms with E-state index in [2.05, 4.69) is 5.43 Å². The SMILES string of the molecule is CCO[C@H](CC)NN. The standard InChI is InChI=1S/C5H14N2O/c1-3-5(7-6)8-4-2/h5,7H,3-4,6H2,1-2H3/t5-/m1/s1. The molecule has 0 saturated heterocycles. The number of hydrogen-bond donors (Lipinski definition) is 2. The van der Waals surface area contributed by atoms with E-state index in [4.69, 9.17) is 10.6 Å². The minimum atomic E-state index is 0.0278. The monoisotopic (exact) mass is 118 g/mol. The Bertz CT molecular complexity index is 45.7. The van der Waals surface area contributed by atoms with Crippen molar-refractivity contribution in [1.82, 2.24) is 5.43 Å². The van der Waals surface area contributed by atoms with Gasteiger partial charge in [-0.15, -0.1) is 0 Å². The van der Waals surface area contributed by atoms with Crippen LogP contribution in [-0.2, 0) is 4.74 Å². The second kappa shape index (κ2) is 5.03. The maximum atomic E-state index is 5.10. The highest BCUT2D eigenvalue weighted by Crippen LogP contribution is 1.88. The molecule has 8 heavy (non-hydrogen) atoms. The van der Waals surface area contributed by atoms with Gasteiger partial charge in [-0.2, -0.15) is 0 Å². The quantitative estimate of drug-likeness (QED) is 0.315. The zero-order valence-electron chi connectivity index (χ0n) is 5.48. The molecule has 0 aromatic carbocycles. The van der Waals surface area contributed by atoms with Crippen molar-refractivity contribution in [2.75, 3.05) is 6.61 Å². The second-order valence-corrected chi connectivity index (χ2v) is 1.52. The Morgan fingerprint density at radius 2 is 2.25 bits per heavy atom. The van der Waals surface area contributed by atoms with Gasteiger partial charge in [-0.25, -0.2) is 5.43 Å². The van der Waals surface area contributed by atoms with E-state index in [-0.39, 0.29) is 6.23 Å². The second-order valence-electron chi connectivity index (χ2n) is 1.52. The van der Waals surface area contributed by atoms with Gasteiger partial charge in [-0.05, 0) is 13.3 Å². The van der Waals surface area contributed by atoms with E-state index in [1.165, 1.54) is 0 Å². The first-order chi connectivity index (χ1) is 3.85. The molecule has 0 radical (unpaired) electrons. The summed E-state index contributed by atoms with van der Waals surface area (Å²) in [6.45, 7) is 4.67. The van der Waals surface area contributed by atoms with Crippen LogP contribution in [0.25, 0.3) is 0 Å². The first kappa shape index (κ1) is 7.88. The summed E-state index contributed by atoms with van der Waals surface area (Å²) in [5.74, 6) is 5.09. The molecule has 0 rings (SSSR count). The molecule has 0 bridgehead atoms. The van der Waals surface area contributed by atoms with Gasteiger partial charge in [0.1, 0.15) is 6.23 Å². The van der Waals surface area contributed by atoms with Crippen molar-refractivity contribution in [2.45, 2.75) is 26.5 Å². The highest BCUT2D eigenvalue weighted by Gasteiger charge is 1.97. The van der Waals surface area contributed by atoms with Crippen molar-refractivity contribution in [3.05, 3.63) is 0 Å². The molecular weight excluding hydrogens is 104 g/mol. The van der Waals surface area contributed by atoms with E-state index in [9.17, 15) is 0 Å². The molecule has 0 aliphatic carbocycles. The van der Waals surface area contributed by atoms with Gasteiger partial charge in [0.15, 0.2) is 0 Å². The van der Waals surface area contributed by atoms with Crippen molar-refractivity contribution in [3.63, 3.8) is 0 Å². The van der Waals surface area contributed by atoms with E-state index in [1.807, 2.05) is 13.8 Å². The van der Waals surface area contributed by atoms with Gasteiger partial charge in [0, 0.05) is 6.61 Å². The lowest BCUT2D eigenvalue weighted by molar-refractivity contribution is 0.0359. The molecule has 3 heteroatoms. The molecular formula is C5H14N2O. The van der Waals surface area contributed by atoms with Gasteiger partial charge < -0.3 is 4.74 Å². The molecule has 3 N–H and O–H groups in total. The lowest BCUT2D eigenvalue weighted by Gasteiger charge is -2.11. The molecule has 0 aliphatic heterocycles. The zero-order chi connectivity index (χ0) is 6.41. The van der Waals surface area contributed by atoms with Gasteiger partial charge in [0.25, 0.3) is 0 Å². The molecule has 0 amide bonds. The highest BCUT2D eigenvalue weighted by atomic mass is 16.5. The van der Waals surface area contributed by atoms with Gasteiger partial charge in [-0.1, -0.05) is 6.92 Å². The maximum Gasteiger partial charge on any atom is 0.119 e. The molecule has 0 spiro atoms. The average Bonchev–Trinajstić information content (AvgIpc) is 1.83. The lowest BCUT2D eigenvalue weighted by Crippen LogP contribution is -2.36. The lowest BCUT2D eigenvalue weighted by atomic mass is 10.4. The number of hydrazine groups is 1. The van der Waals surface area contributed by atoms with Crippen molar-refractivity contribution in [2.24, 2.45) is 5.84 Å². The van der Waals surface area contributed by atoms with Gasteiger partial charge >= 0.3 is 0 Å². The first-order valence-electron chi connectivity index (χ1n) is 2.92. The van der Waals surface area contributed by atoms with Crippen LogP contribution in [0.2, 0.25) is 0 Å². The first-order valence-corrected chi connectivity index (χ1v) is 2.92. The maximum absolute atomic E-state index is 5.10. The highest BCUT2D eigenvalue weighted by molar-refractivity contribution is 4.42. The van der Waals surface area contributed by atoms with Gasteiger partial charge in [0.05, 0.1) is 0 Å². The van der Waals surface area contributed by atoms with E-state index in [0.717, 1.165) is 6.42 Å². The minimum absolute atomic E-state index is 0.0278. The van der Waals surface area contributed by atoms with Crippen LogP contribution in [-0.4, -0.2) is 12.8 Å². The summed E-state index contributed by atoms with van der Waals surface area (Å²) in [6, 6.07) is 0. The summed E-state index contributed by atoms with van der Waals surface area (Å²) < 4.78 is 5.10. The molecule has 1 atom stereocenters. The van der Waals surface area contributed by atoms with Crippen LogP contribution < -0.4 is 11.3 Å². The number of nitrogens with one attached hydrogen (secondary N) is 1. The summed E-state index contributed by atoms with van der Waals surface area (Å²) in [6.07, 6.45) is 0.935. The summed E-state index contributed by atoms with van der Waals surface area (Å²) in [7, 11) is 0. The van der Waals surface area contributed by atoms with Gasteiger partial charge in [0.2, 0.25) is 0 Å². The minimum Gasteiger partial charge on any atom is -0.362 e. The molecule has 50 valence electrons. The fourth-order valence-corrected chi connectivity index (χ4v) is 0.485. The van der Waals surface area contributed by atoms with Crippen molar-refractivity contribution in [3.8, 4) is 0 Å². The Balaban J connectivity index is 3.07. The van der Waals surface area contributed by atoms with E-state index in [0.29, 0.717) is 6.61 Å². The Morgan fingerprint density at radius 3 is 2.38 bits per heavy atom. The molecule has 0 unspecified atom stereocenters. The average molecular weight is 118 g/mol. The number of ether oxygens (including phenoxy) is 1. The van der Waals surface area contributed by atoms with Crippen LogP contribution in [0.15, 0.2) is 0 Å². The Kier molecular flexibility index (Phi) is 4.95. The third-order valence-electron chi connectivity index (χ3n) is 0.925. The van der Waals surface area contributed by atoms with E-state index < -0.39 is 0 Å². The Morgan fingerprint density at radius 1 is 1.62 bits per heavy atom. The predicted molar refractivity (Wildman–Crippen MR) is 33.0 cm³/mol. The number of rotatable bonds is 4. The topological polar surface area (TPSA) is 47.3 Å². The molecule has 3 nitrogen and oxygen atoms in total. The fourth-order valence-electron chi connectivity index (χ4n) is 0.485. The smallest absolute Gasteiger partial charge is 0.119 e. The summed E-state index contributed by atoms with van der Waals surface area (Å²) in [5.41, 5.74) is 2.53. The summed E-state index contributed by atoms with van der Waals surface area (Å²) in [5, 5.41) is 0. The Labute approximate surface area is 50.2 Å². The van der Waals surface area contributed by atoms with Crippen LogP contribution >= 0.6 is 0 Å². The Hall–Kier alpha value is -0.120. The third-order valence-corrected chi connectivity index (χ3v) is 0.925. The van der Waals surface area contributed by atoms with Crippen LogP contribution in [0.3, 0.4) is 0 Å². The van der Waals surface area contributed by atoms with E-state index >= 15 is 0 Å². The van der Waals surface area contributed by atoms with Crippen LogP contribution in [0.5, 0.6) is 0 Å². The predicted octanol–water partition coefficient (Wildman–Crippen LogP) is 0.222. The third kappa shape index (κ3) is 2.96. The number of hydrogen-bond acceptors (Lipinski definition) is 3. The molecule has 0 heterocycles. The van der Waals surface area contributed by atoms with Crippen molar-refractivity contribution >= 4 is 0 Å². The fraction of sp³-hybridized carbons (Fsp3) is 1.00. The van der Waals surface area contributed by atoms with Gasteiger partial charge in [-0.3, -0.25) is 5.84 Å². The van der Waals surface area contributed by atoms with Crippen molar-refractivity contribution < 1.29 is 4.74 Å². The van der Waals surface area contributed by atoms with Crippen LogP contribution in [0.1, 0.15) is 20.3 Å². The summed E-state index contributed by atoms with van der Waals surface area (Å²) in [4.78, 5) is 0. The van der Waals surface area contributed by atoms with Crippen LogP contribution in [0, 0.1) is 0 Å². The normalized spacial score (nSPS) is 13.9. The largest absolute Gasteiger partial charge is 0.362 e. The summed E-state index contributed by atoms with van der Waals surface area (Å²) >= 11 is 0. The van der Waals surface area contributed by atoms with Crippen LogP contribution in [0.4, 0.5) is 0 Å². The zero-order valence-corrected chi connectivity index (χ0v) is 5.48.